The molecule has 1 aromatic rings. The molecule has 0 spiro atoms. The summed E-state index contributed by atoms with van der Waals surface area (Å²) in [4.78, 5) is 23.1. The summed E-state index contributed by atoms with van der Waals surface area (Å²) < 4.78 is 1.86. The van der Waals surface area contributed by atoms with Crippen LogP contribution in [-0.2, 0) is 11.3 Å². The molecule has 1 aliphatic carbocycles. The fraction of sp³-hybridized carbons (Fsp3) is 0.643. The molecule has 0 aromatic carbocycles. The highest BCUT2D eigenvalue weighted by Gasteiger charge is 2.30. The molecule has 0 aliphatic heterocycles. The fourth-order valence-corrected chi connectivity index (χ4v) is 1.97. The number of aromatic nitrogens is 2. The van der Waals surface area contributed by atoms with Gasteiger partial charge in [-0.15, -0.1) is 0 Å². The van der Waals surface area contributed by atoms with Crippen LogP contribution in [-0.4, -0.2) is 33.3 Å². The van der Waals surface area contributed by atoms with E-state index in [2.05, 4.69) is 10.4 Å². The van der Waals surface area contributed by atoms with E-state index in [1.807, 2.05) is 17.7 Å². The second kappa shape index (κ2) is 5.26. The molecular formula is C14H21N3O3. The summed E-state index contributed by atoms with van der Waals surface area (Å²) in [6, 6.07) is 1.82. The number of rotatable bonds is 6. The lowest BCUT2D eigenvalue weighted by atomic mass is 9.94. The van der Waals surface area contributed by atoms with Gasteiger partial charge in [0, 0.05) is 24.7 Å². The first-order valence-electron chi connectivity index (χ1n) is 6.94. The Morgan fingerprint density at radius 3 is 2.65 bits per heavy atom. The Morgan fingerprint density at radius 2 is 2.15 bits per heavy atom. The van der Waals surface area contributed by atoms with E-state index in [0.717, 1.165) is 25.1 Å². The van der Waals surface area contributed by atoms with Crippen LogP contribution >= 0.6 is 0 Å². The molecule has 2 N–H and O–H groups in total. The molecular weight excluding hydrogens is 258 g/mol. The third kappa shape index (κ3) is 3.00. The maximum Gasteiger partial charge on any atom is 0.310 e. The number of carbonyl (C=O) groups excluding carboxylic acids is 1. The normalized spacial score (nSPS) is 15.2. The average Bonchev–Trinajstić information content (AvgIpc) is 3.15. The smallest absolute Gasteiger partial charge is 0.310 e. The van der Waals surface area contributed by atoms with E-state index < -0.39 is 11.4 Å². The Labute approximate surface area is 118 Å². The number of aryl methyl sites for hydroxylation is 1. The fourth-order valence-electron chi connectivity index (χ4n) is 1.97. The molecule has 6 heteroatoms. The Morgan fingerprint density at radius 1 is 1.50 bits per heavy atom. The number of hydrogen-bond donors (Lipinski definition) is 2. The molecule has 1 amide bonds. The number of amides is 1. The standard InChI is InChI=1S/C14H21N3O3/c1-4-17-11(9-5-6-9)7-10(16-17)12(18)15-8-14(2,3)13(19)20/h7,9H,4-6,8H2,1-3H3,(H,15,18)(H,19,20). The van der Waals surface area contributed by atoms with E-state index in [-0.39, 0.29) is 12.5 Å². The molecule has 2 rings (SSSR count). The van der Waals surface area contributed by atoms with Crippen molar-refractivity contribution in [3.05, 3.63) is 17.5 Å². The van der Waals surface area contributed by atoms with Crippen molar-refractivity contribution < 1.29 is 14.7 Å². The number of carboxylic acid groups (broad SMARTS) is 1. The van der Waals surface area contributed by atoms with Gasteiger partial charge < -0.3 is 10.4 Å². The van der Waals surface area contributed by atoms with Crippen molar-refractivity contribution >= 4 is 11.9 Å². The molecule has 0 radical (unpaired) electrons. The average molecular weight is 279 g/mol. The molecule has 6 nitrogen and oxygen atoms in total. The highest BCUT2D eigenvalue weighted by molar-refractivity contribution is 5.92. The first kappa shape index (κ1) is 14.6. The second-order valence-electron chi connectivity index (χ2n) is 5.92. The van der Waals surface area contributed by atoms with Crippen LogP contribution in [0.3, 0.4) is 0 Å². The molecule has 0 bridgehead atoms. The van der Waals surface area contributed by atoms with Gasteiger partial charge in [-0.05, 0) is 39.7 Å². The van der Waals surface area contributed by atoms with Gasteiger partial charge in [-0.3, -0.25) is 14.3 Å². The van der Waals surface area contributed by atoms with Crippen LogP contribution in [0.5, 0.6) is 0 Å². The van der Waals surface area contributed by atoms with Crippen LogP contribution in [0.1, 0.15) is 55.7 Å². The van der Waals surface area contributed by atoms with Crippen molar-refractivity contribution in [1.29, 1.82) is 0 Å². The largest absolute Gasteiger partial charge is 0.481 e. The molecule has 1 heterocycles. The van der Waals surface area contributed by atoms with Crippen molar-refractivity contribution in [2.24, 2.45) is 5.41 Å². The Kier molecular flexibility index (Phi) is 3.83. The van der Waals surface area contributed by atoms with E-state index in [1.54, 1.807) is 13.8 Å². The van der Waals surface area contributed by atoms with Gasteiger partial charge in [0.05, 0.1) is 5.41 Å². The second-order valence-corrected chi connectivity index (χ2v) is 5.92. The van der Waals surface area contributed by atoms with Crippen LogP contribution in [0.15, 0.2) is 6.07 Å². The first-order valence-corrected chi connectivity index (χ1v) is 6.94. The summed E-state index contributed by atoms with van der Waals surface area (Å²) in [5.74, 6) is -0.719. The molecule has 1 aromatic heterocycles. The topological polar surface area (TPSA) is 84.2 Å². The van der Waals surface area contributed by atoms with E-state index >= 15 is 0 Å². The highest BCUT2D eigenvalue weighted by atomic mass is 16.4. The minimum Gasteiger partial charge on any atom is -0.481 e. The van der Waals surface area contributed by atoms with Gasteiger partial charge in [-0.1, -0.05) is 0 Å². The number of hydrogen-bond acceptors (Lipinski definition) is 3. The third-order valence-corrected chi connectivity index (χ3v) is 3.61. The van der Waals surface area contributed by atoms with Crippen LogP contribution in [0.2, 0.25) is 0 Å². The molecule has 20 heavy (non-hydrogen) atoms. The molecule has 110 valence electrons. The van der Waals surface area contributed by atoms with Gasteiger partial charge in [-0.25, -0.2) is 0 Å². The lowest BCUT2D eigenvalue weighted by Crippen LogP contribution is -2.39. The van der Waals surface area contributed by atoms with Crippen molar-refractivity contribution in [3.63, 3.8) is 0 Å². The summed E-state index contributed by atoms with van der Waals surface area (Å²) in [6.07, 6.45) is 2.30. The lowest BCUT2D eigenvalue weighted by molar-refractivity contribution is -0.146. The van der Waals surface area contributed by atoms with Crippen molar-refractivity contribution in [2.75, 3.05) is 6.54 Å². The Bertz CT molecular complexity index is 530. The minimum absolute atomic E-state index is 0.0823. The maximum atomic E-state index is 12.1. The third-order valence-electron chi connectivity index (χ3n) is 3.61. The molecule has 1 fully saturated rings. The predicted molar refractivity (Wildman–Crippen MR) is 73.6 cm³/mol. The summed E-state index contributed by atoms with van der Waals surface area (Å²) in [5, 5.41) is 16.0. The molecule has 0 saturated heterocycles. The van der Waals surface area contributed by atoms with Crippen LogP contribution in [0.25, 0.3) is 0 Å². The van der Waals surface area contributed by atoms with Gasteiger partial charge in [0.2, 0.25) is 0 Å². The molecule has 0 atom stereocenters. The number of nitrogens with zero attached hydrogens (tertiary/aromatic N) is 2. The van der Waals surface area contributed by atoms with Crippen molar-refractivity contribution in [1.82, 2.24) is 15.1 Å². The van der Waals surface area contributed by atoms with Crippen LogP contribution in [0, 0.1) is 5.41 Å². The summed E-state index contributed by atoms with van der Waals surface area (Å²) in [7, 11) is 0. The molecule has 0 unspecified atom stereocenters. The van der Waals surface area contributed by atoms with Crippen molar-refractivity contribution in [2.45, 2.75) is 46.1 Å². The van der Waals surface area contributed by atoms with E-state index in [0.29, 0.717) is 11.6 Å². The van der Waals surface area contributed by atoms with Gasteiger partial charge in [0.25, 0.3) is 5.91 Å². The molecule has 1 aliphatic rings. The Balaban J connectivity index is 2.04. The Hall–Kier alpha value is -1.85. The molecule has 1 saturated carbocycles. The predicted octanol–water partition coefficient (Wildman–Crippen LogP) is 1.62. The van der Waals surface area contributed by atoms with Gasteiger partial charge in [0.1, 0.15) is 5.69 Å². The number of carbonyl (C=O) groups is 2. The van der Waals surface area contributed by atoms with E-state index in [9.17, 15) is 9.59 Å². The first-order chi connectivity index (χ1) is 9.35. The van der Waals surface area contributed by atoms with Gasteiger partial charge >= 0.3 is 5.97 Å². The zero-order valence-electron chi connectivity index (χ0n) is 12.1. The number of aliphatic carboxylic acids is 1. The quantitative estimate of drug-likeness (QED) is 0.828. The van der Waals surface area contributed by atoms with Gasteiger partial charge in [0.15, 0.2) is 0 Å². The highest BCUT2D eigenvalue weighted by Crippen LogP contribution is 2.40. The van der Waals surface area contributed by atoms with Crippen molar-refractivity contribution in [3.8, 4) is 0 Å². The lowest BCUT2D eigenvalue weighted by Gasteiger charge is -2.18. The van der Waals surface area contributed by atoms with E-state index in [4.69, 9.17) is 5.11 Å². The van der Waals surface area contributed by atoms with Crippen LogP contribution in [0.4, 0.5) is 0 Å². The zero-order chi connectivity index (χ0) is 14.9. The van der Waals surface area contributed by atoms with Gasteiger partial charge in [-0.2, -0.15) is 5.10 Å². The maximum absolute atomic E-state index is 12.1. The van der Waals surface area contributed by atoms with Crippen LogP contribution < -0.4 is 5.32 Å². The monoisotopic (exact) mass is 279 g/mol. The zero-order valence-corrected chi connectivity index (χ0v) is 12.1. The number of carboxylic acids is 1. The minimum atomic E-state index is -0.984. The van der Waals surface area contributed by atoms with E-state index in [1.165, 1.54) is 0 Å². The number of nitrogens with one attached hydrogen (secondary N) is 1. The SMILES string of the molecule is CCn1nc(C(=O)NCC(C)(C)C(=O)O)cc1C1CC1. The summed E-state index contributed by atoms with van der Waals surface area (Å²) in [6.45, 7) is 5.97. The summed E-state index contributed by atoms with van der Waals surface area (Å²) >= 11 is 0. The summed E-state index contributed by atoms with van der Waals surface area (Å²) in [5.41, 5.74) is 0.493.